The summed E-state index contributed by atoms with van der Waals surface area (Å²) >= 11 is 0.684. The minimum absolute atomic E-state index is 0. The Bertz CT molecular complexity index is 276. The predicted molar refractivity (Wildman–Crippen MR) is 72.4 cm³/mol. The second-order valence-corrected chi connectivity index (χ2v) is 3.09. The first kappa shape index (κ1) is 23.0. The second-order valence-electron chi connectivity index (χ2n) is 2.42. The molecule has 0 aromatic heterocycles. The number of nitrogen functional groups attached to an aromatic ring is 1. The molecule has 1 rings (SSSR count). The first-order valence-corrected chi connectivity index (χ1v) is 6.06. The first-order chi connectivity index (χ1) is 8.20. The molecule has 101 valence electrons. The third kappa shape index (κ3) is 18.2. The number of rotatable bonds is 3. The first-order valence-electron chi connectivity index (χ1n) is 5.14. The van der Waals surface area contributed by atoms with E-state index in [2.05, 4.69) is 9.65 Å². The van der Waals surface area contributed by atoms with Crippen molar-refractivity contribution in [1.29, 1.82) is 0 Å². The summed E-state index contributed by atoms with van der Waals surface area (Å²) < 4.78 is 3.57. The van der Waals surface area contributed by atoms with Crippen molar-refractivity contribution >= 4 is 23.6 Å². The van der Waals surface area contributed by atoms with Gasteiger partial charge in [0.15, 0.2) is 0 Å². The molecule has 0 fully saturated rings. The molecule has 0 spiro atoms. The fourth-order valence-electron chi connectivity index (χ4n) is 0.605. The average Bonchev–Trinajstić information content (AvgIpc) is 2.40. The summed E-state index contributed by atoms with van der Waals surface area (Å²) in [5.74, 6) is -0.0588. The van der Waals surface area contributed by atoms with Gasteiger partial charge in [0, 0.05) is 57.5 Å². The summed E-state index contributed by atoms with van der Waals surface area (Å²) in [6.45, 7) is 4.00. The monoisotopic (exact) mass is 349 g/mol. The van der Waals surface area contributed by atoms with Crippen molar-refractivity contribution in [2.24, 2.45) is 0 Å². The minimum Gasteiger partial charge on any atom is -0.399 e. The Morgan fingerprint density at radius 2 is 1.89 bits per heavy atom. The van der Waals surface area contributed by atoms with Crippen LogP contribution in [-0.2, 0) is 41.8 Å². The molecule has 4 N–H and O–H groups in total. The van der Waals surface area contributed by atoms with Gasteiger partial charge in [-0.1, -0.05) is 32.0 Å². The topological polar surface area (TPSA) is 84.6 Å². The van der Waals surface area contributed by atoms with Crippen LogP contribution in [0.3, 0.4) is 0 Å². The molecular weight excluding hydrogens is 329 g/mol. The third-order valence-corrected chi connectivity index (χ3v) is 1.81. The van der Waals surface area contributed by atoms with Crippen LogP contribution in [0.25, 0.3) is 0 Å². The zero-order chi connectivity index (χ0) is 13.5. The van der Waals surface area contributed by atoms with Gasteiger partial charge in [-0.05, 0) is 12.1 Å². The van der Waals surface area contributed by atoms with E-state index in [4.69, 9.17) is 11.0 Å². The Morgan fingerprint density at radius 1 is 1.39 bits per heavy atom. The normalized spacial score (nSPS) is 7.56. The Kier molecular flexibility index (Phi) is 24.5. The van der Waals surface area contributed by atoms with Gasteiger partial charge in [0.05, 0.1) is 0 Å². The molecule has 0 bridgehead atoms. The summed E-state index contributed by atoms with van der Waals surface area (Å²) in [6, 6.07) is 9.49. The van der Waals surface area contributed by atoms with Gasteiger partial charge < -0.3 is 11.1 Å². The number of nitrogens with two attached hydrogens (primary N) is 1. The van der Waals surface area contributed by atoms with Gasteiger partial charge in [0.2, 0.25) is 5.91 Å². The maximum absolute atomic E-state index is 10.2. The Labute approximate surface area is 138 Å². The quantitative estimate of drug-likeness (QED) is 0.337. The molecule has 1 aromatic rings. The van der Waals surface area contributed by atoms with E-state index in [1.165, 1.54) is 7.05 Å². The molecular formula is C11H20N2O3SY. The van der Waals surface area contributed by atoms with E-state index in [0.717, 1.165) is 5.69 Å². The number of benzene rings is 1. The molecule has 0 aliphatic rings. The van der Waals surface area contributed by atoms with Crippen LogP contribution < -0.4 is 11.1 Å². The van der Waals surface area contributed by atoms with Crippen LogP contribution in [0.15, 0.2) is 30.3 Å². The largest absolute Gasteiger partial charge is 0.399 e. The van der Waals surface area contributed by atoms with Crippen molar-refractivity contribution in [3.63, 3.8) is 0 Å². The number of nitrogens with one attached hydrogen (secondary N) is 1. The summed E-state index contributed by atoms with van der Waals surface area (Å²) in [5, 5.41) is 10.0. The molecule has 5 nitrogen and oxygen atoms in total. The van der Waals surface area contributed by atoms with Crippen LogP contribution in [0.1, 0.15) is 13.8 Å². The number of carbonyl (C=O) groups is 1. The fourth-order valence-corrected chi connectivity index (χ4v) is 0.909. The molecule has 1 amide bonds. The molecule has 0 atom stereocenters. The van der Waals surface area contributed by atoms with Gasteiger partial charge in [-0.25, -0.2) is 5.26 Å². The van der Waals surface area contributed by atoms with E-state index in [9.17, 15) is 4.79 Å². The maximum atomic E-state index is 10.2. The molecule has 18 heavy (non-hydrogen) atoms. The minimum atomic E-state index is -0.177. The fraction of sp³-hybridized carbons (Fsp3) is 0.364. The zero-order valence-corrected chi connectivity index (χ0v) is 14.6. The number of hydrogen-bond acceptors (Lipinski definition) is 5. The summed E-state index contributed by atoms with van der Waals surface area (Å²) in [5.41, 5.74) is 6.18. The van der Waals surface area contributed by atoms with Gasteiger partial charge in [0.1, 0.15) is 5.75 Å². The van der Waals surface area contributed by atoms with Crippen LogP contribution in [0.4, 0.5) is 5.69 Å². The summed E-state index contributed by atoms with van der Waals surface area (Å²) in [4.78, 5) is 10.2. The van der Waals surface area contributed by atoms with E-state index in [1.54, 1.807) is 0 Å². The number of carbonyl (C=O) groups excluding carboxylic acids is 1. The van der Waals surface area contributed by atoms with Gasteiger partial charge in [0.25, 0.3) is 0 Å². The summed E-state index contributed by atoms with van der Waals surface area (Å²) in [7, 11) is 1.51. The smallest absolute Gasteiger partial charge is 0.232 e. The number of amides is 1. The maximum Gasteiger partial charge on any atom is 0.232 e. The van der Waals surface area contributed by atoms with E-state index in [-0.39, 0.29) is 44.4 Å². The van der Waals surface area contributed by atoms with E-state index in [0.29, 0.717) is 12.0 Å². The predicted octanol–water partition coefficient (Wildman–Crippen LogP) is 2.16. The number of para-hydroxylation sites is 1. The van der Waals surface area contributed by atoms with E-state index in [1.807, 2.05) is 44.2 Å². The van der Waals surface area contributed by atoms with Gasteiger partial charge >= 0.3 is 0 Å². The summed E-state index contributed by atoms with van der Waals surface area (Å²) in [6.07, 6.45) is 0. The van der Waals surface area contributed by atoms with Crippen LogP contribution in [0.5, 0.6) is 0 Å². The molecule has 0 heterocycles. The molecule has 0 aliphatic heterocycles. The zero-order valence-electron chi connectivity index (χ0n) is 10.9. The number of hydrogen-bond donors (Lipinski definition) is 3. The van der Waals surface area contributed by atoms with E-state index < -0.39 is 0 Å². The van der Waals surface area contributed by atoms with Crippen molar-refractivity contribution in [2.75, 3.05) is 18.5 Å². The van der Waals surface area contributed by atoms with Gasteiger partial charge in [-0.2, -0.15) is 4.33 Å². The van der Waals surface area contributed by atoms with Crippen LogP contribution in [-0.4, -0.2) is 24.0 Å². The molecule has 0 unspecified atom stereocenters. The van der Waals surface area contributed by atoms with Crippen molar-refractivity contribution in [2.45, 2.75) is 13.8 Å². The van der Waals surface area contributed by atoms with Crippen LogP contribution in [0, 0.1) is 0 Å². The Morgan fingerprint density at radius 3 is 2.17 bits per heavy atom. The second kappa shape index (κ2) is 19.2. The molecule has 0 aliphatic carbocycles. The van der Waals surface area contributed by atoms with E-state index >= 15 is 0 Å². The Hall–Kier alpha value is -0.136. The third-order valence-electron chi connectivity index (χ3n) is 1.32. The molecule has 1 radical (unpaired) electrons. The van der Waals surface area contributed by atoms with Crippen molar-refractivity contribution in [1.82, 2.24) is 5.32 Å². The van der Waals surface area contributed by atoms with Crippen LogP contribution in [0.2, 0.25) is 0 Å². The standard InChI is InChI=1S/C6H7N.C3H7NO3S.C2H6.Y/c7-6-4-2-1-3-5-6;1-4-3(5)2-8-7-6;1-2;/h1-5H,7H2;6H,2H2,1H3,(H,4,5);1-2H3;. The molecule has 1 aromatic carbocycles. The molecule has 0 saturated heterocycles. The van der Waals surface area contributed by atoms with Crippen molar-refractivity contribution in [3.05, 3.63) is 30.3 Å². The number of anilines is 1. The Balaban J connectivity index is -0.000000210. The van der Waals surface area contributed by atoms with Crippen molar-refractivity contribution in [3.8, 4) is 0 Å². The SMILES string of the molecule is CC.CNC(=O)CSOO.Nc1ccccc1.[Y]. The average molecular weight is 349 g/mol. The van der Waals surface area contributed by atoms with Crippen LogP contribution >= 0.6 is 12.0 Å². The van der Waals surface area contributed by atoms with Gasteiger partial charge in [-0.15, -0.1) is 0 Å². The van der Waals surface area contributed by atoms with Crippen molar-refractivity contribution < 1.29 is 47.1 Å². The molecule has 0 saturated carbocycles. The van der Waals surface area contributed by atoms with Gasteiger partial charge in [-0.3, -0.25) is 4.79 Å². The molecule has 7 heteroatoms.